The Hall–Kier alpha value is -2.71. The molecule has 29 heavy (non-hydrogen) atoms. The minimum Gasteiger partial charge on any atom is -0.435 e. The molecule has 3 heterocycles. The number of halogens is 1. The number of pyridine rings is 3. The van der Waals surface area contributed by atoms with E-state index < -0.39 is 10.0 Å². The van der Waals surface area contributed by atoms with Crippen LogP contribution in [0.5, 0.6) is 11.6 Å². The third-order valence-corrected chi connectivity index (χ3v) is 4.94. The Morgan fingerprint density at radius 2 is 1.76 bits per heavy atom. The lowest BCUT2D eigenvalue weighted by molar-refractivity contribution is 0.455. The number of nitrogens with one attached hydrogen (secondary N) is 1. The van der Waals surface area contributed by atoms with Crippen molar-refractivity contribution in [3.8, 4) is 22.9 Å². The molecule has 3 aromatic heterocycles. The Morgan fingerprint density at radius 1 is 1.03 bits per heavy atom. The van der Waals surface area contributed by atoms with E-state index in [0.717, 1.165) is 28.8 Å². The molecule has 9 heteroatoms. The average Bonchev–Trinajstić information content (AvgIpc) is 2.60. The standard InChI is InChI=1S/C20H21ClN4O3S/c1-11-8-12(2)23-14(4)19(11)28-20-18(25-29(5,26)27)7-6-17(24-20)16-9-15(21)10-22-13(16)3/h6-10,25H,1-5H3. The molecular weight excluding hydrogens is 412 g/mol. The summed E-state index contributed by atoms with van der Waals surface area (Å²) in [6.07, 6.45) is 2.63. The first kappa shape index (κ1) is 21.0. The maximum Gasteiger partial charge on any atom is 0.244 e. The van der Waals surface area contributed by atoms with E-state index in [1.165, 1.54) is 0 Å². The fraction of sp³-hybridized carbons (Fsp3) is 0.250. The summed E-state index contributed by atoms with van der Waals surface area (Å²) in [5.74, 6) is 0.641. The number of nitrogens with zero attached hydrogens (tertiary/aromatic N) is 3. The largest absolute Gasteiger partial charge is 0.435 e. The number of rotatable bonds is 5. The highest BCUT2D eigenvalue weighted by molar-refractivity contribution is 7.92. The Labute approximate surface area is 175 Å². The molecule has 0 fully saturated rings. The molecular formula is C20H21ClN4O3S. The molecule has 0 amide bonds. The highest BCUT2D eigenvalue weighted by atomic mass is 35.5. The summed E-state index contributed by atoms with van der Waals surface area (Å²) in [6, 6.07) is 6.93. The van der Waals surface area contributed by atoms with Gasteiger partial charge in [-0.2, -0.15) is 0 Å². The lowest BCUT2D eigenvalue weighted by Crippen LogP contribution is -2.11. The van der Waals surface area contributed by atoms with Crippen LogP contribution in [0.2, 0.25) is 5.02 Å². The molecule has 0 aliphatic rings. The monoisotopic (exact) mass is 432 g/mol. The maximum atomic E-state index is 11.8. The summed E-state index contributed by atoms with van der Waals surface area (Å²) < 4.78 is 32.1. The number of ether oxygens (including phenoxy) is 1. The quantitative estimate of drug-likeness (QED) is 0.633. The van der Waals surface area contributed by atoms with Gasteiger partial charge in [0.2, 0.25) is 15.9 Å². The minimum absolute atomic E-state index is 0.115. The summed E-state index contributed by atoms with van der Waals surface area (Å²) in [6.45, 7) is 7.46. The summed E-state index contributed by atoms with van der Waals surface area (Å²) in [5.41, 5.74) is 4.66. The number of aryl methyl sites for hydroxylation is 4. The molecule has 0 atom stereocenters. The molecule has 0 unspecified atom stereocenters. The second-order valence-electron chi connectivity index (χ2n) is 6.81. The number of aromatic nitrogens is 3. The van der Waals surface area contributed by atoms with Gasteiger partial charge >= 0.3 is 0 Å². The number of sulfonamides is 1. The summed E-state index contributed by atoms with van der Waals surface area (Å²) in [7, 11) is -3.53. The summed E-state index contributed by atoms with van der Waals surface area (Å²) in [5, 5.41) is 0.475. The van der Waals surface area contributed by atoms with Gasteiger partial charge in [0.1, 0.15) is 5.69 Å². The van der Waals surface area contributed by atoms with Crippen LogP contribution in [0.4, 0.5) is 5.69 Å². The molecule has 0 saturated heterocycles. The minimum atomic E-state index is -3.53. The van der Waals surface area contributed by atoms with Gasteiger partial charge in [-0.05, 0) is 57.5 Å². The van der Waals surface area contributed by atoms with Crippen molar-refractivity contribution in [3.05, 3.63) is 58.1 Å². The van der Waals surface area contributed by atoms with Crippen molar-refractivity contribution in [2.45, 2.75) is 27.7 Å². The zero-order valence-corrected chi connectivity index (χ0v) is 18.3. The van der Waals surface area contributed by atoms with Crippen LogP contribution in [-0.4, -0.2) is 29.6 Å². The van der Waals surface area contributed by atoms with Crippen molar-refractivity contribution < 1.29 is 13.2 Å². The maximum absolute atomic E-state index is 11.8. The summed E-state index contributed by atoms with van der Waals surface area (Å²) >= 11 is 6.09. The van der Waals surface area contributed by atoms with Crippen molar-refractivity contribution in [1.82, 2.24) is 15.0 Å². The second kappa shape index (κ2) is 7.96. The van der Waals surface area contributed by atoms with Gasteiger partial charge in [0.05, 0.1) is 22.7 Å². The highest BCUT2D eigenvalue weighted by Crippen LogP contribution is 2.35. The van der Waals surface area contributed by atoms with E-state index in [1.807, 2.05) is 33.8 Å². The first-order valence-electron chi connectivity index (χ1n) is 8.77. The van der Waals surface area contributed by atoms with Gasteiger partial charge in [0.25, 0.3) is 0 Å². The molecule has 7 nitrogen and oxygen atoms in total. The van der Waals surface area contributed by atoms with Gasteiger partial charge in [0, 0.05) is 23.1 Å². The van der Waals surface area contributed by atoms with Crippen LogP contribution in [-0.2, 0) is 10.0 Å². The van der Waals surface area contributed by atoms with Gasteiger partial charge < -0.3 is 4.74 Å². The van der Waals surface area contributed by atoms with E-state index in [2.05, 4.69) is 19.7 Å². The molecule has 3 aromatic rings. The predicted molar refractivity (Wildman–Crippen MR) is 114 cm³/mol. The Kier molecular flexibility index (Phi) is 5.77. The van der Waals surface area contributed by atoms with E-state index in [9.17, 15) is 8.42 Å². The van der Waals surface area contributed by atoms with Gasteiger partial charge in [-0.25, -0.2) is 13.4 Å². The SMILES string of the molecule is Cc1cc(C)c(Oc2nc(-c3cc(Cl)cnc3C)ccc2NS(C)(=O)=O)c(C)n1. The van der Waals surface area contributed by atoms with Crippen molar-refractivity contribution in [2.75, 3.05) is 11.0 Å². The molecule has 0 radical (unpaired) electrons. The third-order valence-electron chi connectivity index (χ3n) is 4.14. The van der Waals surface area contributed by atoms with Gasteiger partial charge in [-0.3, -0.25) is 14.7 Å². The molecule has 1 N–H and O–H groups in total. The Morgan fingerprint density at radius 3 is 2.41 bits per heavy atom. The highest BCUT2D eigenvalue weighted by Gasteiger charge is 2.17. The topological polar surface area (TPSA) is 94.1 Å². The van der Waals surface area contributed by atoms with Crippen LogP contribution in [0.25, 0.3) is 11.3 Å². The van der Waals surface area contributed by atoms with Crippen molar-refractivity contribution in [3.63, 3.8) is 0 Å². The zero-order chi connectivity index (χ0) is 21.3. The van der Waals surface area contributed by atoms with Gasteiger partial charge in [-0.15, -0.1) is 0 Å². The smallest absolute Gasteiger partial charge is 0.244 e. The number of hydrogen-bond donors (Lipinski definition) is 1. The molecule has 0 saturated carbocycles. The lowest BCUT2D eigenvalue weighted by atomic mass is 10.1. The van der Waals surface area contributed by atoms with E-state index in [0.29, 0.717) is 22.2 Å². The molecule has 0 spiro atoms. The first-order chi connectivity index (χ1) is 13.5. The fourth-order valence-electron chi connectivity index (χ4n) is 2.98. The van der Waals surface area contributed by atoms with Crippen molar-refractivity contribution in [2.24, 2.45) is 0 Å². The summed E-state index contributed by atoms with van der Waals surface area (Å²) in [4.78, 5) is 13.2. The Balaban J connectivity index is 2.15. The molecule has 0 aliphatic carbocycles. The Bertz CT molecular complexity index is 1170. The normalized spacial score (nSPS) is 11.4. The van der Waals surface area contributed by atoms with E-state index in [-0.39, 0.29) is 11.6 Å². The molecule has 152 valence electrons. The molecule has 0 aromatic carbocycles. The molecule has 0 aliphatic heterocycles. The van der Waals surface area contributed by atoms with Gasteiger partial charge in [-0.1, -0.05) is 11.6 Å². The number of hydrogen-bond acceptors (Lipinski definition) is 6. The second-order valence-corrected chi connectivity index (χ2v) is 8.99. The third kappa shape index (κ3) is 5.02. The van der Waals surface area contributed by atoms with Crippen molar-refractivity contribution in [1.29, 1.82) is 0 Å². The van der Waals surface area contributed by atoms with Crippen LogP contribution in [0.3, 0.4) is 0 Å². The van der Waals surface area contributed by atoms with Gasteiger partial charge in [0.15, 0.2) is 5.75 Å². The van der Waals surface area contributed by atoms with Crippen LogP contribution in [0, 0.1) is 27.7 Å². The van der Waals surface area contributed by atoms with E-state index in [1.54, 1.807) is 24.4 Å². The average molecular weight is 433 g/mol. The first-order valence-corrected chi connectivity index (χ1v) is 11.0. The van der Waals surface area contributed by atoms with Crippen molar-refractivity contribution >= 4 is 27.3 Å². The van der Waals surface area contributed by atoms with Crippen LogP contribution in [0.15, 0.2) is 30.5 Å². The van der Waals surface area contributed by atoms with Crippen LogP contribution >= 0.6 is 11.6 Å². The molecule has 0 bridgehead atoms. The molecule has 3 rings (SSSR count). The van der Waals surface area contributed by atoms with Crippen LogP contribution in [0.1, 0.15) is 22.6 Å². The van der Waals surface area contributed by atoms with Crippen LogP contribution < -0.4 is 9.46 Å². The lowest BCUT2D eigenvalue weighted by Gasteiger charge is -2.16. The zero-order valence-electron chi connectivity index (χ0n) is 16.7. The van der Waals surface area contributed by atoms with E-state index in [4.69, 9.17) is 16.3 Å². The number of anilines is 1. The predicted octanol–water partition coefficient (Wildman–Crippen LogP) is 4.59. The fourth-order valence-corrected chi connectivity index (χ4v) is 3.69. The van der Waals surface area contributed by atoms with E-state index >= 15 is 0 Å².